The van der Waals surface area contributed by atoms with Crippen molar-refractivity contribution in [2.75, 3.05) is 18.5 Å². The lowest BCUT2D eigenvalue weighted by Crippen LogP contribution is -2.16. The Bertz CT molecular complexity index is 756. The van der Waals surface area contributed by atoms with E-state index in [0.29, 0.717) is 13.2 Å². The van der Waals surface area contributed by atoms with Crippen molar-refractivity contribution in [3.8, 4) is 11.5 Å². The predicted molar refractivity (Wildman–Crippen MR) is 88.1 cm³/mol. The molecule has 2 aromatic carbocycles. The minimum absolute atomic E-state index is 0.0390. The monoisotopic (exact) mass is 309 g/mol. The summed E-state index contributed by atoms with van der Waals surface area (Å²) in [6.45, 7) is 3.18. The number of rotatable bonds is 3. The normalized spacial score (nSPS) is 21.6. The van der Waals surface area contributed by atoms with Crippen molar-refractivity contribution in [2.24, 2.45) is 5.92 Å². The molecule has 1 amide bonds. The molecule has 4 rings (SSSR count). The standard InChI is InChI=1S/C19H19NO3/c1-12-4-2-3-5-16(12)20-19(21)15-11-14(15)13-6-7-17-18(10-13)23-9-8-22-17/h2-7,10,14-15H,8-9,11H2,1H3,(H,20,21). The van der Waals surface area contributed by atoms with Crippen molar-refractivity contribution in [1.29, 1.82) is 0 Å². The number of anilines is 1. The first-order chi connectivity index (χ1) is 11.2. The van der Waals surface area contributed by atoms with Gasteiger partial charge in [-0.2, -0.15) is 0 Å². The van der Waals surface area contributed by atoms with Gasteiger partial charge in [0.05, 0.1) is 0 Å². The maximum atomic E-state index is 12.4. The lowest BCUT2D eigenvalue weighted by molar-refractivity contribution is -0.117. The number of nitrogens with one attached hydrogen (secondary N) is 1. The van der Waals surface area contributed by atoms with E-state index in [2.05, 4.69) is 5.32 Å². The van der Waals surface area contributed by atoms with Crippen LogP contribution >= 0.6 is 0 Å². The fourth-order valence-corrected chi connectivity index (χ4v) is 3.08. The van der Waals surface area contributed by atoms with Gasteiger partial charge < -0.3 is 14.8 Å². The van der Waals surface area contributed by atoms with Crippen molar-refractivity contribution >= 4 is 11.6 Å². The Labute approximate surface area is 135 Å². The average molecular weight is 309 g/mol. The molecule has 1 N–H and O–H groups in total. The molecule has 1 aliphatic heterocycles. The Morgan fingerprint density at radius 1 is 1.09 bits per heavy atom. The third kappa shape index (κ3) is 2.77. The van der Waals surface area contributed by atoms with Gasteiger partial charge in [-0.25, -0.2) is 0 Å². The van der Waals surface area contributed by atoms with Crippen LogP contribution in [0.5, 0.6) is 11.5 Å². The minimum Gasteiger partial charge on any atom is -0.486 e. The third-order valence-corrected chi connectivity index (χ3v) is 4.52. The van der Waals surface area contributed by atoms with Gasteiger partial charge in [-0.3, -0.25) is 4.79 Å². The second-order valence-electron chi connectivity index (χ2n) is 6.16. The van der Waals surface area contributed by atoms with E-state index in [4.69, 9.17) is 9.47 Å². The molecule has 0 saturated heterocycles. The number of fused-ring (bicyclic) bond motifs is 1. The van der Waals surface area contributed by atoms with Crippen molar-refractivity contribution in [3.05, 3.63) is 53.6 Å². The molecule has 2 atom stereocenters. The van der Waals surface area contributed by atoms with E-state index in [1.165, 1.54) is 0 Å². The van der Waals surface area contributed by atoms with Crippen molar-refractivity contribution in [1.82, 2.24) is 0 Å². The number of aryl methyl sites for hydroxylation is 1. The van der Waals surface area contributed by atoms with Crippen molar-refractivity contribution in [2.45, 2.75) is 19.3 Å². The van der Waals surface area contributed by atoms with Gasteiger partial charge in [0.2, 0.25) is 5.91 Å². The molecule has 0 bridgehead atoms. The summed E-state index contributed by atoms with van der Waals surface area (Å²) in [7, 11) is 0. The molecule has 4 heteroatoms. The smallest absolute Gasteiger partial charge is 0.228 e. The largest absolute Gasteiger partial charge is 0.486 e. The lowest BCUT2D eigenvalue weighted by Gasteiger charge is -2.18. The topological polar surface area (TPSA) is 47.6 Å². The molecule has 23 heavy (non-hydrogen) atoms. The second kappa shape index (κ2) is 5.61. The van der Waals surface area contributed by atoms with Gasteiger partial charge in [0.25, 0.3) is 0 Å². The molecule has 0 radical (unpaired) electrons. The molecule has 1 fully saturated rings. The maximum Gasteiger partial charge on any atom is 0.228 e. The van der Waals surface area contributed by atoms with E-state index in [-0.39, 0.29) is 17.7 Å². The van der Waals surface area contributed by atoms with E-state index in [9.17, 15) is 4.79 Å². The average Bonchev–Trinajstić information content (AvgIpc) is 3.37. The Balaban J connectivity index is 1.45. The first kappa shape index (κ1) is 14.1. The highest BCUT2D eigenvalue weighted by Crippen LogP contribution is 2.49. The molecular weight excluding hydrogens is 290 g/mol. The summed E-state index contributed by atoms with van der Waals surface area (Å²) in [5.74, 6) is 1.99. The van der Waals surface area contributed by atoms with E-state index in [1.807, 2.05) is 49.4 Å². The zero-order chi connectivity index (χ0) is 15.8. The molecule has 1 aliphatic carbocycles. The summed E-state index contributed by atoms with van der Waals surface area (Å²) < 4.78 is 11.2. The third-order valence-electron chi connectivity index (χ3n) is 4.52. The van der Waals surface area contributed by atoms with Crippen LogP contribution < -0.4 is 14.8 Å². The number of para-hydroxylation sites is 1. The van der Waals surface area contributed by atoms with Gasteiger partial charge in [-0.1, -0.05) is 24.3 Å². The fraction of sp³-hybridized carbons (Fsp3) is 0.316. The zero-order valence-electron chi connectivity index (χ0n) is 13.0. The number of amides is 1. The predicted octanol–water partition coefficient (Wildman–Crippen LogP) is 3.51. The quantitative estimate of drug-likeness (QED) is 0.944. The second-order valence-corrected chi connectivity index (χ2v) is 6.16. The SMILES string of the molecule is Cc1ccccc1NC(=O)C1CC1c1ccc2c(c1)OCCO2. The fourth-order valence-electron chi connectivity index (χ4n) is 3.08. The number of hydrogen-bond donors (Lipinski definition) is 1. The molecule has 4 nitrogen and oxygen atoms in total. The van der Waals surface area contributed by atoms with Crippen LogP contribution in [0.1, 0.15) is 23.5 Å². The summed E-state index contributed by atoms with van der Waals surface area (Å²) in [6.07, 6.45) is 0.886. The van der Waals surface area contributed by atoms with Gasteiger partial charge in [-0.05, 0) is 48.6 Å². The van der Waals surface area contributed by atoms with Crippen LogP contribution in [0, 0.1) is 12.8 Å². The molecule has 2 aromatic rings. The summed E-state index contributed by atoms with van der Waals surface area (Å²) in [4.78, 5) is 12.4. The van der Waals surface area contributed by atoms with E-state index in [0.717, 1.165) is 34.7 Å². The molecule has 2 aliphatic rings. The van der Waals surface area contributed by atoms with Gasteiger partial charge in [0.1, 0.15) is 13.2 Å². The van der Waals surface area contributed by atoms with Crippen LogP contribution in [-0.2, 0) is 4.79 Å². The van der Waals surface area contributed by atoms with Gasteiger partial charge in [0, 0.05) is 11.6 Å². The first-order valence-electron chi connectivity index (χ1n) is 7.98. The van der Waals surface area contributed by atoms with E-state index in [1.54, 1.807) is 0 Å². The summed E-state index contributed by atoms with van der Waals surface area (Å²) in [6, 6.07) is 13.8. The summed E-state index contributed by atoms with van der Waals surface area (Å²) in [5, 5.41) is 3.04. The number of ether oxygens (including phenoxy) is 2. The Morgan fingerprint density at radius 2 is 1.87 bits per heavy atom. The minimum atomic E-state index is 0.0390. The lowest BCUT2D eigenvalue weighted by atomic mass is 10.1. The zero-order valence-corrected chi connectivity index (χ0v) is 13.0. The van der Waals surface area contributed by atoms with Crippen molar-refractivity contribution in [3.63, 3.8) is 0 Å². The van der Waals surface area contributed by atoms with Gasteiger partial charge in [0.15, 0.2) is 11.5 Å². The van der Waals surface area contributed by atoms with Crippen LogP contribution in [0.3, 0.4) is 0 Å². The van der Waals surface area contributed by atoms with Crippen molar-refractivity contribution < 1.29 is 14.3 Å². The Hall–Kier alpha value is -2.49. The molecule has 0 aromatic heterocycles. The van der Waals surface area contributed by atoms with Gasteiger partial charge >= 0.3 is 0 Å². The Morgan fingerprint density at radius 3 is 2.70 bits per heavy atom. The Kier molecular flexibility index (Phi) is 3.45. The first-order valence-corrected chi connectivity index (χ1v) is 7.98. The van der Waals surface area contributed by atoms with E-state index < -0.39 is 0 Å². The highest BCUT2D eigenvalue weighted by molar-refractivity contribution is 5.95. The number of benzene rings is 2. The molecule has 2 unspecified atom stereocenters. The maximum absolute atomic E-state index is 12.4. The molecular formula is C19H19NO3. The van der Waals surface area contributed by atoms with Crippen LogP contribution in [-0.4, -0.2) is 19.1 Å². The van der Waals surface area contributed by atoms with Crippen LogP contribution in [0.4, 0.5) is 5.69 Å². The molecule has 0 spiro atoms. The molecule has 1 heterocycles. The summed E-state index contributed by atoms with van der Waals surface area (Å²) >= 11 is 0. The highest BCUT2D eigenvalue weighted by atomic mass is 16.6. The van der Waals surface area contributed by atoms with Crippen LogP contribution in [0.2, 0.25) is 0 Å². The van der Waals surface area contributed by atoms with Crippen LogP contribution in [0.15, 0.2) is 42.5 Å². The highest BCUT2D eigenvalue weighted by Gasteiger charge is 2.44. The molecule has 1 saturated carbocycles. The number of carbonyl (C=O) groups excluding carboxylic acids is 1. The number of carbonyl (C=O) groups is 1. The number of hydrogen-bond acceptors (Lipinski definition) is 3. The van der Waals surface area contributed by atoms with Crippen LogP contribution in [0.25, 0.3) is 0 Å². The molecule has 118 valence electrons. The summed E-state index contributed by atoms with van der Waals surface area (Å²) in [5.41, 5.74) is 3.13. The van der Waals surface area contributed by atoms with Gasteiger partial charge in [-0.15, -0.1) is 0 Å². The van der Waals surface area contributed by atoms with E-state index >= 15 is 0 Å².